The Morgan fingerprint density at radius 2 is 1.29 bits per heavy atom. The topological polar surface area (TPSA) is 12.0 Å². The first kappa shape index (κ1) is 13.4. The molecule has 0 aromatic heterocycles. The van der Waals surface area contributed by atoms with E-state index in [0.29, 0.717) is 0 Å². The lowest BCUT2D eigenvalue weighted by Gasteiger charge is -2.17. The number of hydrogen-bond acceptors (Lipinski definition) is 1. The third-order valence-corrected chi connectivity index (χ3v) is 3.69. The molecule has 0 atom stereocenters. The van der Waals surface area contributed by atoms with Crippen LogP contribution in [0.25, 0.3) is 22.3 Å². The Balaban J connectivity index is 2.31. The SMILES string of the molecule is [CH2]c1ccc(-c2ccccc2)c(-c2ccccc2)c1NC. The fourth-order valence-corrected chi connectivity index (χ4v) is 2.69. The molecule has 0 saturated heterocycles. The second kappa shape index (κ2) is 5.84. The third-order valence-electron chi connectivity index (χ3n) is 3.69. The summed E-state index contributed by atoms with van der Waals surface area (Å²) in [4.78, 5) is 0. The van der Waals surface area contributed by atoms with Crippen LogP contribution in [0.3, 0.4) is 0 Å². The van der Waals surface area contributed by atoms with Crippen molar-refractivity contribution in [3.63, 3.8) is 0 Å². The molecule has 0 fully saturated rings. The highest BCUT2D eigenvalue weighted by atomic mass is 14.8. The molecule has 103 valence electrons. The van der Waals surface area contributed by atoms with E-state index in [1.54, 1.807) is 0 Å². The Morgan fingerprint density at radius 1 is 0.714 bits per heavy atom. The summed E-state index contributed by atoms with van der Waals surface area (Å²) in [5.41, 5.74) is 6.94. The molecule has 0 aliphatic rings. The van der Waals surface area contributed by atoms with Crippen LogP contribution >= 0.6 is 0 Å². The van der Waals surface area contributed by atoms with Crippen molar-refractivity contribution in [3.8, 4) is 22.3 Å². The number of benzene rings is 3. The third kappa shape index (κ3) is 2.55. The second-order valence-electron chi connectivity index (χ2n) is 5.00. The highest BCUT2D eigenvalue weighted by molar-refractivity contribution is 5.93. The zero-order valence-corrected chi connectivity index (χ0v) is 12.1. The van der Waals surface area contributed by atoms with E-state index in [4.69, 9.17) is 0 Å². The average Bonchev–Trinajstić information content (AvgIpc) is 2.56. The average molecular weight is 272 g/mol. The van der Waals surface area contributed by atoms with Crippen LogP contribution in [0, 0.1) is 6.92 Å². The van der Waals surface area contributed by atoms with Gasteiger partial charge in [-0.05, 0) is 29.2 Å². The van der Waals surface area contributed by atoms with Crippen molar-refractivity contribution < 1.29 is 0 Å². The Kier molecular flexibility index (Phi) is 3.74. The van der Waals surface area contributed by atoms with E-state index in [2.05, 4.69) is 72.9 Å². The largest absolute Gasteiger partial charge is 0.387 e. The molecule has 0 saturated carbocycles. The molecule has 21 heavy (non-hydrogen) atoms. The number of anilines is 1. The smallest absolute Gasteiger partial charge is 0.0456 e. The zero-order valence-electron chi connectivity index (χ0n) is 12.1. The van der Waals surface area contributed by atoms with Crippen molar-refractivity contribution in [2.75, 3.05) is 12.4 Å². The van der Waals surface area contributed by atoms with E-state index in [1.165, 1.54) is 22.3 Å². The van der Waals surface area contributed by atoms with Gasteiger partial charge in [0.25, 0.3) is 0 Å². The first-order valence-electron chi connectivity index (χ1n) is 7.09. The first-order valence-corrected chi connectivity index (χ1v) is 7.09. The lowest BCUT2D eigenvalue weighted by Crippen LogP contribution is -1.97. The minimum absolute atomic E-state index is 1.01. The lowest BCUT2D eigenvalue weighted by atomic mass is 9.91. The first-order chi connectivity index (χ1) is 10.3. The molecule has 1 heteroatoms. The summed E-state index contributed by atoms with van der Waals surface area (Å²) in [6.45, 7) is 4.15. The lowest BCUT2D eigenvalue weighted by molar-refractivity contribution is 1.46. The molecule has 3 aromatic rings. The number of nitrogens with one attached hydrogen (secondary N) is 1. The zero-order chi connectivity index (χ0) is 14.7. The molecule has 0 aliphatic carbocycles. The molecule has 0 amide bonds. The maximum atomic E-state index is 4.15. The van der Waals surface area contributed by atoms with Gasteiger partial charge in [0.2, 0.25) is 0 Å². The second-order valence-corrected chi connectivity index (χ2v) is 5.00. The van der Waals surface area contributed by atoms with E-state index in [9.17, 15) is 0 Å². The van der Waals surface area contributed by atoms with Crippen LogP contribution in [0.2, 0.25) is 0 Å². The van der Waals surface area contributed by atoms with Gasteiger partial charge in [0.15, 0.2) is 0 Å². The van der Waals surface area contributed by atoms with Gasteiger partial charge in [-0.2, -0.15) is 0 Å². The van der Waals surface area contributed by atoms with Crippen LogP contribution in [0.15, 0.2) is 72.8 Å². The highest BCUT2D eigenvalue weighted by Crippen LogP contribution is 2.39. The van der Waals surface area contributed by atoms with E-state index < -0.39 is 0 Å². The Hall–Kier alpha value is -2.54. The van der Waals surface area contributed by atoms with Crippen molar-refractivity contribution >= 4 is 5.69 Å². The Bertz CT molecular complexity index is 731. The Labute approximate surface area is 126 Å². The summed E-state index contributed by atoms with van der Waals surface area (Å²) in [5, 5.41) is 3.31. The fraction of sp³-hybridized carbons (Fsp3) is 0.0500. The predicted molar refractivity (Wildman–Crippen MR) is 91.3 cm³/mol. The van der Waals surface area contributed by atoms with E-state index >= 15 is 0 Å². The van der Waals surface area contributed by atoms with Gasteiger partial charge in [0.05, 0.1) is 0 Å². The van der Waals surface area contributed by atoms with Crippen LogP contribution in [-0.4, -0.2) is 7.05 Å². The molecular weight excluding hydrogens is 254 g/mol. The standard InChI is InChI=1S/C20H18N/c1-15-13-14-18(16-9-5-3-6-10-16)19(20(15)21-2)17-11-7-4-8-12-17/h3-14,21H,1H2,2H3. The maximum Gasteiger partial charge on any atom is 0.0456 e. The summed E-state index contributed by atoms with van der Waals surface area (Å²) in [6, 6.07) is 25.2. The fourth-order valence-electron chi connectivity index (χ4n) is 2.69. The van der Waals surface area contributed by atoms with Crippen molar-refractivity contribution in [1.82, 2.24) is 0 Å². The number of hydrogen-bond donors (Lipinski definition) is 1. The van der Waals surface area contributed by atoms with Crippen LogP contribution in [0.5, 0.6) is 0 Å². The molecule has 1 nitrogen and oxygen atoms in total. The molecule has 1 N–H and O–H groups in total. The minimum atomic E-state index is 1.01. The summed E-state index contributed by atoms with van der Waals surface area (Å²) in [7, 11) is 1.95. The molecule has 0 aliphatic heterocycles. The molecule has 0 heterocycles. The van der Waals surface area contributed by atoms with Crippen molar-refractivity contribution in [1.29, 1.82) is 0 Å². The molecular formula is C20H18N. The summed E-state index contributed by atoms with van der Waals surface area (Å²) in [5.74, 6) is 0. The molecule has 3 aromatic carbocycles. The maximum absolute atomic E-state index is 4.15. The quantitative estimate of drug-likeness (QED) is 0.687. The molecule has 3 rings (SSSR count). The van der Waals surface area contributed by atoms with Crippen molar-refractivity contribution in [2.24, 2.45) is 0 Å². The Morgan fingerprint density at radius 3 is 1.86 bits per heavy atom. The summed E-state index contributed by atoms with van der Waals surface area (Å²) >= 11 is 0. The van der Waals surface area contributed by atoms with Gasteiger partial charge in [0, 0.05) is 18.3 Å². The molecule has 0 unspecified atom stereocenters. The van der Waals surface area contributed by atoms with Crippen molar-refractivity contribution in [2.45, 2.75) is 0 Å². The molecule has 0 bridgehead atoms. The summed E-state index contributed by atoms with van der Waals surface area (Å²) < 4.78 is 0. The number of rotatable bonds is 3. The van der Waals surface area contributed by atoms with Gasteiger partial charge in [-0.25, -0.2) is 0 Å². The van der Waals surface area contributed by atoms with Gasteiger partial charge in [-0.3, -0.25) is 0 Å². The molecule has 0 spiro atoms. The van der Waals surface area contributed by atoms with Crippen LogP contribution in [0.1, 0.15) is 5.56 Å². The van der Waals surface area contributed by atoms with Crippen LogP contribution in [-0.2, 0) is 0 Å². The predicted octanol–water partition coefficient (Wildman–Crippen LogP) is 5.24. The highest BCUT2D eigenvalue weighted by Gasteiger charge is 2.13. The van der Waals surface area contributed by atoms with Gasteiger partial charge < -0.3 is 5.32 Å². The van der Waals surface area contributed by atoms with Crippen molar-refractivity contribution in [3.05, 3.63) is 85.3 Å². The minimum Gasteiger partial charge on any atom is -0.387 e. The van der Waals surface area contributed by atoms with E-state index in [1.807, 2.05) is 19.2 Å². The van der Waals surface area contributed by atoms with Gasteiger partial charge in [-0.15, -0.1) is 0 Å². The molecule has 1 radical (unpaired) electrons. The van der Waals surface area contributed by atoms with Crippen LogP contribution in [0.4, 0.5) is 5.69 Å². The monoisotopic (exact) mass is 272 g/mol. The van der Waals surface area contributed by atoms with Gasteiger partial charge in [0.1, 0.15) is 0 Å². The van der Waals surface area contributed by atoms with Gasteiger partial charge >= 0.3 is 0 Å². The van der Waals surface area contributed by atoms with Crippen LogP contribution < -0.4 is 5.32 Å². The van der Waals surface area contributed by atoms with E-state index in [-0.39, 0.29) is 0 Å². The normalized spacial score (nSPS) is 10.4. The summed E-state index contributed by atoms with van der Waals surface area (Å²) in [6.07, 6.45) is 0. The van der Waals surface area contributed by atoms with Gasteiger partial charge in [-0.1, -0.05) is 72.8 Å². The van der Waals surface area contributed by atoms with E-state index in [0.717, 1.165) is 11.3 Å².